The average Bonchev–Trinajstić information content (AvgIpc) is 2.26. The SMILES string of the molecule is CCc1cc(NCCO)c([N+](=O)[O-])cc1Cl. The number of aliphatic hydroxyl groups excluding tert-OH is 1. The first-order chi connectivity index (χ1) is 7.60. The smallest absolute Gasteiger partial charge is 0.293 e. The van der Waals surface area contributed by atoms with E-state index in [1.165, 1.54) is 6.07 Å². The van der Waals surface area contributed by atoms with Gasteiger partial charge in [0.25, 0.3) is 5.69 Å². The van der Waals surface area contributed by atoms with E-state index in [-0.39, 0.29) is 18.8 Å². The van der Waals surface area contributed by atoms with Gasteiger partial charge in [-0.05, 0) is 18.1 Å². The summed E-state index contributed by atoms with van der Waals surface area (Å²) in [5.74, 6) is 0. The van der Waals surface area contributed by atoms with E-state index >= 15 is 0 Å². The molecule has 0 spiro atoms. The number of halogens is 1. The molecule has 0 aliphatic heterocycles. The summed E-state index contributed by atoms with van der Waals surface area (Å²) in [6, 6.07) is 2.98. The summed E-state index contributed by atoms with van der Waals surface area (Å²) in [6.07, 6.45) is 0.699. The summed E-state index contributed by atoms with van der Waals surface area (Å²) in [5.41, 5.74) is 1.16. The highest BCUT2D eigenvalue weighted by atomic mass is 35.5. The van der Waals surface area contributed by atoms with Crippen molar-refractivity contribution in [3.05, 3.63) is 32.8 Å². The van der Waals surface area contributed by atoms with E-state index in [9.17, 15) is 10.1 Å². The molecule has 1 aromatic rings. The predicted octanol–water partition coefficient (Wildman–Crippen LogP) is 2.21. The van der Waals surface area contributed by atoms with Gasteiger partial charge < -0.3 is 10.4 Å². The first-order valence-corrected chi connectivity index (χ1v) is 5.29. The van der Waals surface area contributed by atoms with Gasteiger partial charge in [0.2, 0.25) is 0 Å². The van der Waals surface area contributed by atoms with E-state index in [1.54, 1.807) is 6.07 Å². The van der Waals surface area contributed by atoms with Crippen LogP contribution in [0.15, 0.2) is 12.1 Å². The Hall–Kier alpha value is -1.33. The van der Waals surface area contributed by atoms with Gasteiger partial charge in [-0.2, -0.15) is 0 Å². The van der Waals surface area contributed by atoms with Crippen LogP contribution < -0.4 is 5.32 Å². The fourth-order valence-electron chi connectivity index (χ4n) is 1.36. The van der Waals surface area contributed by atoms with Crippen molar-refractivity contribution in [2.75, 3.05) is 18.5 Å². The Balaban J connectivity index is 3.14. The van der Waals surface area contributed by atoms with Crippen molar-refractivity contribution >= 4 is 23.0 Å². The lowest BCUT2D eigenvalue weighted by Gasteiger charge is -2.08. The molecule has 5 nitrogen and oxygen atoms in total. The normalized spacial score (nSPS) is 10.2. The van der Waals surface area contributed by atoms with E-state index in [2.05, 4.69) is 5.32 Å². The van der Waals surface area contributed by atoms with Crippen molar-refractivity contribution in [2.24, 2.45) is 0 Å². The number of aryl methyl sites for hydroxylation is 1. The minimum Gasteiger partial charge on any atom is -0.395 e. The predicted molar refractivity (Wildman–Crippen MR) is 63.1 cm³/mol. The number of hydrogen-bond acceptors (Lipinski definition) is 4. The fraction of sp³-hybridized carbons (Fsp3) is 0.400. The topological polar surface area (TPSA) is 75.4 Å². The van der Waals surface area contributed by atoms with Gasteiger partial charge in [0.05, 0.1) is 16.6 Å². The molecule has 0 fully saturated rings. The number of nitro benzene ring substituents is 1. The van der Waals surface area contributed by atoms with Gasteiger partial charge in [-0.3, -0.25) is 10.1 Å². The maximum atomic E-state index is 10.8. The number of rotatable bonds is 5. The molecule has 1 rings (SSSR count). The molecule has 0 unspecified atom stereocenters. The maximum absolute atomic E-state index is 10.8. The van der Waals surface area contributed by atoms with Crippen molar-refractivity contribution in [2.45, 2.75) is 13.3 Å². The van der Waals surface area contributed by atoms with Crippen LogP contribution in [-0.2, 0) is 6.42 Å². The highest BCUT2D eigenvalue weighted by Crippen LogP contribution is 2.31. The average molecular weight is 245 g/mol. The van der Waals surface area contributed by atoms with E-state index in [0.717, 1.165) is 5.56 Å². The molecule has 6 heteroatoms. The number of nitro groups is 1. The third-order valence-corrected chi connectivity index (χ3v) is 2.52. The summed E-state index contributed by atoms with van der Waals surface area (Å²) in [4.78, 5) is 10.3. The van der Waals surface area contributed by atoms with Crippen LogP contribution in [0.1, 0.15) is 12.5 Å². The van der Waals surface area contributed by atoms with Crippen LogP contribution in [0.4, 0.5) is 11.4 Å². The van der Waals surface area contributed by atoms with E-state index in [4.69, 9.17) is 16.7 Å². The molecule has 0 aliphatic carbocycles. The molecule has 0 amide bonds. The lowest BCUT2D eigenvalue weighted by Crippen LogP contribution is -2.08. The van der Waals surface area contributed by atoms with Crippen LogP contribution in [0.25, 0.3) is 0 Å². The standard InChI is InChI=1S/C10H13ClN2O3/c1-2-7-5-9(12-3-4-14)10(13(15)16)6-8(7)11/h5-6,12,14H,2-4H2,1H3. The second-order valence-corrected chi connectivity index (χ2v) is 3.63. The quantitative estimate of drug-likeness (QED) is 0.615. The third kappa shape index (κ3) is 2.84. The number of nitrogens with zero attached hydrogens (tertiary/aromatic N) is 1. The second kappa shape index (κ2) is 5.67. The molecule has 1 aromatic carbocycles. The molecule has 0 saturated heterocycles. The van der Waals surface area contributed by atoms with Crippen LogP contribution >= 0.6 is 11.6 Å². The Morgan fingerprint density at radius 2 is 2.25 bits per heavy atom. The number of benzene rings is 1. The lowest BCUT2D eigenvalue weighted by molar-refractivity contribution is -0.384. The molecule has 16 heavy (non-hydrogen) atoms. The molecular weight excluding hydrogens is 232 g/mol. The molecule has 0 aromatic heterocycles. The second-order valence-electron chi connectivity index (χ2n) is 3.22. The van der Waals surface area contributed by atoms with Gasteiger partial charge in [0, 0.05) is 12.6 Å². The zero-order chi connectivity index (χ0) is 12.1. The first-order valence-electron chi connectivity index (χ1n) is 4.91. The van der Waals surface area contributed by atoms with Crippen LogP contribution in [0, 0.1) is 10.1 Å². The summed E-state index contributed by atoms with van der Waals surface area (Å²) >= 11 is 5.90. The summed E-state index contributed by atoms with van der Waals surface area (Å²) in [6.45, 7) is 2.11. The molecule has 0 saturated carbocycles. The Labute approximate surface area is 98.2 Å². The minimum absolute atomic E-state index is 0.0735. The zero-order valence-electron chi connectivity index (χ0n) is 8.86. The Kier molecular flexibility index (Phi) is 4.52. The largest absolute Gasteiger partial charge is 0.395 e. The molecule has 0 heterocycles. The highest BCUT2D eigenvalue weighted by molar-refractivity contribution is 6.31. The van der Waals surface area contributed by atoms with Crippen LogP contribution in [0.2, 0.25) is 5.02 Å². The third-order valence-electron chi connectivity index (χ3n) is 2.17. The molecule has 0 aliphatic rings. The van der Waals surface area contributed by atoms with Gasteiger partial charge in [-0.1, -0.05) is 18.5 Å². The highest BCUT2D eigenvalue weighted by Gasteiger charge is 2.16. The molecule has 88 valence electrons. The van der Waals surface area contributed by atoms with Crippen molar-refractivity contribution in [1.29, 1.82) is 0 Å². The van der Waals surface area contributed by atoms with Gasteiger partial charge in [-0.25, -0.2) is 0 Å². The minimum atomic E-state index is -0.495. The van der Waals surface area contributed by atoms with Crippen LogP contribution in [-0.4, -0.2) is 23.2 Å². The monoisotopic (exact) mass is 244 g/mol. The molecule has 2 N–H and O–H groups in total. The number of hydrogen-bond donors (Lipinski definition) is 2. The molecule has 0 radical (unpaired) electrons. The van der Waals surface area contributed by atoms with E-state index in [0.29, 0.717) is 17.1 Å². The van der Waals surface area contributed by atoms with Crippen molar-refractivity contribution in [1.82, 2.24) is 0 Å². The lowest BCUT2D eigenvalue weighted by atomic mass is 10.1. The molecular formula is C10H13ClN2O3. The van der Waals surface area contributed by atoms with Crippen molar-refractivity contribution < 1.29 is 10.0 Å². The van der Waals surface area contributed by atoms with E-state index in [1.807, 2.05) is 6.92 Å². The Morgan fingerprint density at radius 1 is 1.56 bits per heavy atom. The summed E-state index contributed by atoms with van der Waals surface area (Å²) in [5, 5.41) is 22.6. The van der Waals surface area contributed by atoms with Crippen molar-refractivity contribution in [3.63, 3.8) is 0 Å². The maximum Gasteiger partial charge on any atom is 0.293 e. The summed E-state index contributed by atoms with van der Waals surface area (Å²) < 4.78 is 0. The number of nitrogens with one attached hydrogen (secondary N) is 1. The van der Waals surface area contributed by atoms with Crippen LogP contribution in [0.5, 0.6) is 0 Å². The van der Waals surface area contributed by atoms with Crippen LogP contribution in [0.3, 0.4) is 0 Å². The van der Waals surface area contributed by atoms with Gasteiger partial charge in [0.15, 0.2) is 0 Å². The fourth-order valence-corrected chi connectivity index (χ4v) is 1.65. The van der Waals surface area contributed by atoms with E-state index < -0.39 is 4.92 Å². The molecule has 0 atom stereocenters. The number of anilines is 1. The Morgan fingerprint density at radius 3 is 2.75 bits per heavy atom. The summed E-state index contributed by atoms with van der Waals surface area (Å²) in [7, 11) is 0. The molecule has 0 bridgehead atoms. The van der Waals surface area contributed by atoms with Crippen molar-refractivity contribution in [3.8, 4) is 0 Å². The van der Waals surface area contributed by atoms with Gasteiger partial charge in [-0.15, -0.1) is 0 Å². The first kappa shape index (κ1) is 12.7. The number of aliphatic hydroxyl groups is 1. The Bertz CT molecular complexity index is 396. The zero-order valence-corrected chi connectivity index (χ0v) is 9.62. The van der Waals surface area contributed by atoms with Gasteiger partial charge >= 0.3 is 0 Å². The van der Waals surface area contributed by atoms with Gasteiger partial charge in [0.1, 0.15) is 5.69 Å².